The molecule has 14 heteroatoms. The summed E-state index contributed by atoms with van der Waals surface area (Å²) < 4.78 is 15.7. The largest absolute Gasteiger partial charge is 0.394 e. The number of halogens is 1. The molecule has 1 unspecified atom stereocenters. The average molecular weight is 562 g/mol. The quantitative estimate of drug-likeness (QED) is 0.306. The molecule has 1 fully saturated rings. The number of aliphatic hydroxyl groups excluding tert-OH is 2. The van der Waals surface area contributed by atoms with Crippen molar-refractivity contribution in [3.05, 3.63) is 59.0 Å². The fraction of sp³-hybridized carbons (Fsp3) is 0.348. The highest BCUT2D eigenvalue weighted by Crippen LogP contribution is 2.52. The molecule has 1 aromatic carbocycles. The summed E-state index contributed by atoms with van der Waals surface area (Å²) in [7, 11) is 1.56. The van der Waals surface area contributed by atoms with E-state index >= 15 is 0 Å². The zero-order valence-electron chi connectivity index (χ0n) is 19.8. The Labute approximate surface area is 223 Å². The highest BCUT2D eigenvalue weighted by Gasteiger charge is 2.49. The highest BCUT2D eigenvalue weighted by molar-refractivity contribution is 8.29. The van der Waals surface area contributed by atoms with Gasteiger partial charge >= 0.3 is 0 Å². The van der Waals surface area contributed by atoms with Gasteiger partial charge in [-0.3, -0.25) is 0 Å². The van der Waals surface area contributed by atoms with Gasteiger partial charge in [-0.2, -0.15) is 5.10 Å². The van der Waals surface area contributed by atoms with Crippen LogP contribution in [-0.2, 0) is 9.47 Å². The maximum absolute atomic E-state index is 11.2. The first-order chi connectivity index (χ1) is 18.0. The standard InChI is InChI=1S/C23H24ClN7O4S2/c1-12-26-13-5-3-4-6-17(13)37(12)31-15(7-8-25-31)21-22(34-2)19(20(33)16(10-32)35-21)30-9-14(28-29-30)23-27-18(24)11-36-23/h3-9,11,16,19-22,32-33,37H,10H2,1-2H3/t16-,19+,20+,21+,22-/m1/s1. The lowest BCUT2D eigenvalue weighted by molar-refractivity contribution is -0.216. The molecule has 2 aliphatic heterocycles. The normalized spacial score (nSPS) is 28.3. The molecule has 6 rings (SSSR count). The van der Waals surface area contributed by atoms with Crippen LogP contribution in [0.2, 0.25) is 5.15 Å². The molecule has 5 heterocycles. The number of methoxy groups -OCH3 is 1. The maximum atomic E-state index is 11.2. The Kier molecular flexibility index (Phi) is 6.61. The van der Waals surface area contributed by atoms with Gasteiger partial charge in [0.1, 0.15) is 46.3 Å². The topological polar surface area (TPSA) is 133 Å². The van der Waals surface area contributed by atoms with E-state index in [1.807, 2.05) is 35.3 Å². The molecule has 0 saturated carbocycles. The minimum Gasteiger partial charge on any atom is -0.394 e. The third-order valence-electron chi connectivity index (χ3n) is 6.48. The van der Waals surface area contributed by atoms with Gasteiger partial charge in [0.2, 0.25) is 0 Å². The summed E-state index contributed by atoms with van der Waals surface area (Å²) in [5, 5.41) is 38.1. The van der Waals surface area contributed by atoms with Crippen molar-refractivity contribution < 1.29 is 19.7 Å². The van der Waals surface area contributed by atoms with Crippen LogP contribution in [0.1, 0.15) is 24.8 Å². The van der Waals surface area contributed by atoms with E-state index in [4.69, 9.17) is 26.1 Å². The number of aliphatic hydroxyl groups is 2. The number of thiol groups is 1. The zero-order valence-corrected chi connectivity index (χ0v) is 22.3. The number of ether oxygens (including phenoxy) is 2. The fourth-order valence-corrected chi connectivity index (χ4v) is 7.91. The summed E-state index contributed by atoms with van der Waals surface area (Å²) in [5.74, 6) is 0. The van der Waals surface area contributed by atoms with Gasteiger partial charge in [-0.15, -0.1) is 16.4 Å². The summed E-state index contributed by atoms with van der Waals surface area (Å²) >= 11 is 6.30. The van der Waals surface area contributed by atoms with Crippen molar-refractivity contribution >= 4 is 44.7 Å². The number of para-hydroxylation sites is 1. The monoisotopic (exact) mass is 561 g/mol. The van der Waals surface area contributed by atoms with Gasteiger partial charge in [-0.05, 0) is 25.1 Å². The second-order valence-electron chi connectivity index (χ2n) is 8.62. The van der Waals surface area contributed by atoms with E-state index in [0.29, 0.717) is 15.9 Å². The van der Waals surface area contributed by atoms with E-state index in [9.17, 15) is 10.2 Å². The lowest BCUT2D eigenvalue weighted by Gasteiger charge is -2.44. The Balaban J connectivity index is 1.39. The average Bonchev–Trinajstić information content (AvgIpc) is 3.69. The van der Waals surface area contributed by atoms with E-state index in [2.05, 4.69) is 26.5 Å². The van der Waals surface area contributed by atoms with E-state index in [0.717, 1.165) is 21.3 Å². The Morgan fingerprint density at radius 3 is 2.86 bits per heavy atom. The Morgan fingerprint density at radius 1 is 1.27 bits per heavy atom. The van der Waals surface area contributed by atoms with Crippen LogP contribution in [0.15, 0.2) is 58.0 Å². The van der Waals surface area contributed by atoms with Crippen LogP contribution in [-0.4, -0.2) is 76.4 Å². The number of rotatable bonds is 6. The Morgan fingerprint density at radius 2 is 2.11 bits per heavy atom. The summed E-state index contributed by atoms with van der Waals surface area (Å²) in [5.41, 5.74) is 2.21. The van der Waals surface area contributed by atoms with E-state index in [-0.39, 0.29) is 6.61 Å². The van der Waals surface area contributed by atoms with E-state index in [1.54, 1.807) is 29.6 Å². The molecular formula is C23H24ClN7O4S2. The van der Waals surface area contributed by atoms with Crippen molar-refractivity contribution in [2.75, 3.05) is 13.7 Å². The summed E-state index contributed by atoms with van der Waals surface area (Å²) in [4.78, 5) is 10.1. The van der Waals surface area contributed by atoms with Crippen LogP contribution >= 0.6 is 34.0 Å². The molecule has 0 radical (unpaired) electrons. The number of hydrogen-bond acceptors (Lipinski definition) is 10. The first kappa shape index (κ1) is 24.7. The van der Waals surface area contributed by atoms with Crippen molar-refractivity contribution in [2.45, 2.75) is 42.3 Å². The molecule has 2 aliphatic rings. The van der Waals surface area contributed by atoms with Gasteiger partial charge in [0, 0.05) is 17.4 Å². The van der Waals surface area contributed by atoms with E-state index < -0.39 is 41.5 Å². The first-order valence-electron chi connectivity index (χ1n) is 11.5. The van der Waals surface area contributed by atoms with Crippen LogP contribution in [0.4, 0.5) is 5.69 Å². The lowest BCUT2D eigenvalue weighted by atomic mass is 9.91. The van der Waals surface area contributed by atoms with Crippen LogP contribution in [0.25, 0.3) is 10.7 Å². The van der Waals surface area contributed by atoms with E-state index in [1.165, 1.54) is 11.3 Å². The lowest BCUT2D eigenvalue weighted by Crippen LogP contribution is -2.53. The van der Waals surface area contributed by atoms with Crippen molar-refractivity contribution in [1.29, 1.82) is 0 Å². The molecule has 3 aromatic heterocycles. The second kappa shape index (κ2) is 9.91. The maximum Gasteiger partial charge on any atom is 0.147 e. The molecule has 11 nitrogen and oxygen atoms in total. The number of aliphatic imine (C=N–C) groups is 1. The molecule has 37 heavy (non-hydrogen) atoms. The van der Waals surface area contributed by atoms with Crippen molar-refractivity contribution in [2.24, 2.45) is 4.99 Å². The molecule has 0 aliphatic carbocycles. The van der Waals surface area contributed by atoms with Crippen molar-refractivity contribution in [1.82, 2.24) is 29.2 Å². The number of benzene rings is 1. The molecular weight excluding hydrogens is 538 g/mol. The second-order valence-corrected chi connectivity index (χ2v) is 12.0. The first-order valence-corrected chi connectivity index (χ1v) is 14.0. The van der Waals surface area contributed by atoms with Gasteiger partial charge in [0.05, 0.1) is 35.4 Å². The van der Waals surface area contributed by atoms with Gasteiger partial charge in [0.15, 0.2) is 0 Å². The number of hydrogen-bond donors (Lipinski definition) is 3. The third-order valence-corrected chi connectivity index (χ3v) is 9.93. The summed E-state index contributed by atoms with van der Waals surface area (Å²) in [6.07, 6.45) is 0.0756. The fourth-order valence-electron chi connectivity index (χ4n) is 4.85. The van der Waals surface area contributed by atoms with Gasteiger partial charge < -0.3 is 19.7 Å². The molecule has 0 bridgehead atoms. The summed E-state index contributed by atoms with van der Waals surface area (Å²) in [6, 6.07) is 9.18. The SMILES string of the molecule is CO[C@@H]1[C@@H](n2cc(-c3nc(Cl)cs3)nn2)[C@@H](O)[C@@H](CO)O[C@H]1c1ccnn1[SH]1C(C)=Nc2ccccc21. The molecule has 0 spiro atoms. The minimum atomic E-state index is -1.11. The molecule has 4 aromatic rings. The van der Waals surface area contributed by atoms with Gasteiger partial charge in [-0.1, -0.05) is 40.0 Å². The molecule has 0 amide bonds. The van der Waals surface area contributed by atoms with Crippen LogP contribution in [0, 0.1) is 0 Å². The third kappa shape index (κ3) is 4.20. The predicted molar refractivity (Wildman–Crippen MR) is 141 cm³/mol. The highest BCUT2D eigenvalue weighted by atomic mass is 35.5. The Hall–Kier alpha value is -2.65. The predicted octanol–water partition coefficient (Wildman–Crippen LogP) is 3.19. The molecule has 2 N–H and O–H groups in total. The minimum absolute atomic E-state index is 0.373. The van der Waals surface area contributed by atoms with Crippen molar-refractivity contribution in [3.63, 3.8) is 0 Å². The number of fused-ring (bicyclic) bond motifs is 1. The van der Waals surface area contributed by atoms with Gasteiger partial charge in [0.25, 0.3) is 0 Å². The van der Waals surface area contributed by atoms with Crippen LogP contribution in [0.3, 0.4) is 0 Å². The summed E-state index contributed by atoms with van der Waals surface area (Å²) in [6.45, 7) is 1.61. The smallest absolute Gasteiger partial charge is 0.147 e. The van der Waals surface area contributed by atoms with Crippen LogP contribution in [0.5, 0.6) is 0 Å². The van der Waals surface area contributed by atoms with Crippen molar-refractivity contribution in [3.8, 4) is 10.7 Å². The zero-order chi connectivity index (χ0) is 25.7. The Bertz CT molecular complexity index is 1460. The number of nitrogens with zero attached hydrogens (tertiary/aromatic N) is 7. The van der Waals surface area contributed by atoms with Crippen LogP contribution < -0.4 is 0 Å². The molecule has 6 atom stereocenters. The molecule has 194 valence electrons. The molecule has 1 saturated heterocycles. The number of aromatic nitrogens is 6. The number of thiazole rings is 1. The van der Waals surface area contributed by atoms with Gasteiger partial charge in [-0.25, -0.2) is 18.7 Å².